The highest BCUT2D eigenvalue weighted by Gasteiger charge is 2.44. The molecule has 0 aromatic rings. The van der Waals surface area contributed by atoms with Gasteiger partial charge in [0.05, 0.1) is 0 Å². The third-order valence-electron chi connectivity index (χ3n) is 3.13. The van der Waals surface area contributed by atoms with Crippen LogP contribution in [0.25, 0.3) is 0 Å². The largest absolute Gasteiger partial charge is 0.366 e. The first-order valence-corrected chi connectivity index (χ1v) is 4.46. The fourth-order valence-corrected chi connectivity index (χ4v) is 1.90. The Balaban J connectivity index is 3.17. The molecule has 0 aliphatic carbocycles. The summed E-state index contributed by atoms with van der Waals surface area (Å²) in [5.41, 5.74) is 5.69. The quantitative estimate of drug-likeness (QED) is 0.655. The molecule has 1 heterocycles. The summed E-state index contributed by atoms with van der Waals surface area (Å²) in [6.07, 6.45) is 1.95. The summed E-state index contributed by atoms with van der Waals surface area (Å²) in [5.74, 6) is -0.317. The van der Waals surface area contributed by atoms with Crippen LogP contribution in [0.5, 0.6) is 0 Å². The smallest absolute Gasteiger partial charge is 0.246 e. The van der Waals surface area contributed by atoms with Crippen molar-refractivity contribution < 1.29 is 4.79 Å². The molecule has 0 saturated carbocycles. The predicted molar refractivity (Wildman–Crippen MR) is 53.2 cm³/mol. The van der Waals surface area contributed by atoms with Gasteiger partial charge in [-0.1, -0.05) is 6.08 Å². The third-order valence-corrected chi connectivity index (χ3v) is 3.13. The van der Waals surface area contributed by atoms with E-state index in [2.05, 4.69) is 18.7 Å². The average molecular weight is 182 g/mol. The van der Waals surface area contributed by atoms with Crippen LogP contribution >= 0.6 is 0 Å². The summed E-state index contributed by atoms with van der Waals surface area (Å²) in [7, 11) is 2.01. The van der Waals surface area contributed by atoms with Crippen molar-refractivity contribution in [3.8, 4) is 0 Å². The molecule has 0 aromatic heterocycles. The van der Waals surface area contributed by atoms with E-state index in [9.17, 15) is 4.79 Å². The molecule has 74 valence electrons. The maximum absolute atomic E-state index is 11.2. The minimum absolute atomic E-state index is 0.0894. The number of hydrogen-bond donors (Lipinski definition) is 1. The second-order valence-electron chi connectivity index (χ2n) is 4.69. The Morgan fingerprint density at radius 1 is 1.38 bits per heavy atom. The monoisotopic (exact) mass is 182 g/mol. The first-order chi connectivity index (χ1) is 5.69. The van der Waals surface area contributed by atoms with Crippen LogP contribution < -0.4 is 5.73 Å². The highest BCUT2D eigenvalue weighted by atomic mass is 16.1. The normalized spacial score (nSPS) is 25.8. The first kappa shape index (κ1) is 10.3. The molecule has 1 amide bonds. The van der Waals surface area contributed by atoms with E-state index in [-0.39, 0.29) is 17.0 Å². The molecular formula is C10H18N2O. The van der Waals surface area contributed by atoms with Gasteiger partial charge in [0.25, 0.3) is 0 Å². The second-order valence-corrected chi connectivity index (χ2v) is 4.69. The van der Waals surface area contributed by atoms with E-state index in [4.69, 9.17) is 5.73 Å². The zero-order valence-electron chi connectivity index (χ0n) is 9.01. The molecule has 0 atom stereocenters. The minimum Gasteiger partial charge on any atom is -0.366 e. The SMILES string of the molecule is CN1C(C)(C)C=C(C(N)=O)C1(C)C. The van der Waals surface area contributed by atoms with Crippen LogP contribution in [0.1, 0.15) is 27.7 Å². The van der Waals surface area contributed by atoms with Gasteiger partial charge in [0.15, 0.2) is 0 Å². The maximum atomic E-state index is 11.2. The van der Waals surface area contributed by atoms with Gasteiger partial charge in [0.1, 0.15) is 0 Å². The lowest BCUT2D eigenvalue weighted by Crippen LogP contribution is -2.48. The molecule has 0 fully saturated rings. The van der Waals surface area contributed by atoms with E-state index in [1.807, 2.05) is 27.0 Å². The Morgan fingerprint density at radius 2 is 1.85 bits per heavy atom. The van der Waals surface area contributed by atoms with E-state index in [0.717, 1.165) is 0 Å². The summed E-state index contributed by atoms with van der Waals surface area (Å²) in [5, 5.41) is 0. The lowest BCUT2D eigenvalue weighted by atomic mass is 9.95. The molecule has 0 aromatic carbocycles. The number of likely N-dealkylation sites (N-methyl/N-ethyl adjacent to an activating group) is 1. The van der Waals surface area contributed by atoms with Gasteiger partial charge in [-0.15, -0.1) is 0 Å². The van der Waals surface area contributed by atoms with E-state index >= 15 is 0 Å². The van der Waals surface area contributed by atoms with Gasteiger partial charge in [-0.05, 0) is 34.7 Å². The van der Waals surface area contributed by atoms with Crippen molar-refractivity contribution >= 4 is 5.91 Å². The number of primary amides is 1. The number of carbonyl (C=O) groups is 1. The standard InChI is InChI=1S/C10H18N2O/c1-9(2)6-7(8(11)13)10(3,4)12(9)5/h6H,1-5H3,(H2,11,13). The Bertz CT molecular complexity index is 277. The van der Waals surface area contributed by atoms with Gasteiger partial charge in [0, 0.05) is 16.7 Å². The van der Waals surface area contributed by atoms with Crippen LogP contribution in [-0.4, -0.2) is 28.9 Å². The van der Waals surface area contributed by atoms with Crippen LogP contribution in [-0.2, 0) is 4.79 Å². The predicted octanol–water partition coefficient (Wildman–Crippen LogP) is 0.901. The van der Waals surface area contributed by atoms with Crippen LogP contribution in [0, 0.1) is 0 Å². The summed E-state index contributed by atoms with van der Waals surface area (Å²) in [6.45, 7) is 8.17. The van der Waals surface area contributed by atoms with E-state index < -0.39 is 0 Å². The van der Waals surface area contributed by atoms with Crippen LogP contribution in [0.3, 0.4) is 0 Å². The van der Waals surface area contributed by atoms with Gasteiger partial charge in [-0.2, -0.15) is 0 Å². The molecule has 0 saturated heterocycles. The first-order valence-electron chi connectivity index (χ1n) is 4.46. The molecule has 0 bridgehead atoms. The molecule has 1 aliphatic rings. The maximum Gasteiger partial charge on any atom is 0.246 e. The van der Waals surface area contributed by atoms with E-state index in [0.29, 0.717) is 5.57 Å². The van der Waals surface area contributed by atoms with Gasteiger partial charge in [0.2, 0.25) is 5.91 Å². The van der Waals surface area contributed by atoms with Crippen molar-refractivity contribution in [3.05, 3.63) is 11.6 Å². The minimum atomic E-state index is -0.317. The van der Waals surface area contributed by atoms with Crippen LogP contribution in [0.4, 0.5) is 0 Å². The molecule has 0 unspecified atom stereocenters. The van der Waals surface area contributed by atoms with Gasteiger partial charge in [-0.3, -0.25) is 9.69 Å². The average Bonchev–Trinajstić information content (AvgIpc) is 2.11. The molecule has 1 rings (SSSR count). The lowest BCUT2D eigenvalue weighted by Gasteiger charge is -2.38. The van der Waals surface area contributed by atoms with Crippen molar-refractivity contribution in [1.29, 1.82) is 0 Å². The summed E-state index contributed by atoms with van der Waals surface area (Å²) >= 11 is 0. The van der Waals surface area contributed by atoms with Gasteiger partial charge >= 0.3 is 0 Å². The molecule has 3 nitrogen and oxygen atoms in total. The van der Waals surface area contributed by atoms with Crippen molar-refractivity contribution in [2.75, 3.05) is 7.05 Å². The number of nitrogens with two attached hydrogens (primary N) is 1. The Kier molecular flexibility index (Phi) is 2.03. The van der Waals surface area contributed by atoms with Gasteiger partial charge < -0.3 is 5.73 Å². The third kappa shape index (κ3) is 1.37. The zero-order chi connectivity index (χ0) is 10.4. The molecule has 1 aliphatic heterocycles. The van der Waals surface area contributed by atoms with E-state index in [1.165, 1.54) is 0 Å². The highest BCUT2D eigenvalue weighted by molar-refractivity contribution is 5.95. The molecule has 13 heavy (non-hydrogen) atoms. The number of hydrogen-bond acceptors (Lipinski definition) is 2. The molecule has 3 heteroatoms. The van der Waals surface area contributed by atoms with Crippen LogP contribution in [0.15, 0.2) is 11.6 Å². The van der Waals surface area contributed by atoms with Gasteiger partial charge in [-0.25, -0.2) is 0 Å². The second kappa shape index (κ2) is 2.58. The Labute approximate surface area is 79.6 Å². The Hall–Kier alpha value is -0.830. The van der Waals surface area contributed by atoms with Crippen molar-refractivity contribution in [2.45, 2.75) is 38.8 Å². The summed E-state index contributed by atoms with van der Waals surface area (Å²) in [6, 6.07) is 0. The summed E-state index contributed by atoms with van der Waals surface area (Å²) in [4.78, 5) is 13.3. The highest BCUT2D eigenvalue weighted by Crippen LogP contribution is 2.37. The topological polar surface area (TPSA) is 46.3 Å². The fourth-order valence-electron chi connectivity index (χ4n) is 1.90. The lowest BCUT2D eigenvalue weighted by molar-refractivity contribution is -0.115. The number of amides is 1. The number of nitrogens with zero attached hydrogens (tertiary/aromatic N) is 1. The Morgan fingerprint density at radius 3 is 2.00 bits per heavy atom. The number of carbonyl (C=O) groups excluding carboxylic acids is 1. The molecule has 0 spiro atoms. The fraction of sp³-hybridized carbons (Fsp3) is 0.700. The van der Waals surface area contributed by atoms with Crippen molar-refractivity contribution in [3.63, 3.8) is 0 Å². The molecule has 2 N–H and O–H groups in total. The zero-order valence-corrected chi connectivity index (χ0v) is 9.01. The molecular weight excluding hydrogens is 164 g/mol. The van der Waals surface area contributed by atoms with Crippen LogP contribution in [0.2, 0.25) is 0 Å². The number of rotatable bonds is 1. The van der Waals surface area contributed by atoms with Crippen molar-refractivity contribution in [2.24, 2.45) is 5.73 Å². The molecule has 0 radical (unpaired) electrons. The van der Waals surface area contributed by atoms with Crippen molar-refractivity contribution in [1.82, 2.24) is 4.90 Å². The van der Waals surface area contributed by atoms with E-state index in [1.54, 1.807) is 0 Å². The summed E-state index contributed by atoms with van der Waals surface area (Å²) < 4.78 is 0.